The van der Waals surface area contributed by atoms with Gasteiger partial charge in [0.2, 0.25) is 0 Å². The summed E-state index contributed by atoms with van der Waals surface area (Å²) in [5, 5.41) is 13.3. The molecule has 2 aromatic rings. The molecule has 20 heavy (non-hydrogen) atoms. The maximum atomic E-state index is 12.4. The molecule has 2 N–H and O–H groups in total. The fourth-order valence-corrected chi connectivity index (χ4v) is 2.73. The molecule has 0 fully saturated rings. The molecule has 2 aromatic heterocycles. The fourth-order valence-electron chi connectivity index (χ4n) is 2.73. The number of hydrogen-bond acceptors (Lipinski definition) is 5. The van der Waals surface area contributed by atoms with Crippen LogP contribution in [0.5, 0.6) is 0 Å². The van der Waals surface area contributed by atoms with Crippen molar-refractivity contribution in [1.82, 2.24) is 25.0 Å². The third-order valence-electron chi connectivity index (χ3n) is 3.74. The third kappa shape index (κ3) is 1.43. The van der Waals surface area contributed by atoms with E-state index in [1.165, 1.54) is 0 Å². The molecule has 0 aromatic carbocycles. The zero-order chi connectivity index (χ0) is 14.9. The standard InChI is InChI=1S/C12H14N5O3/c1-11(2)6-7(12(3,4)17(11)20)14-8-5(13-6)9(18)16-10(19)15-8/h1-4H3,(H2,14,15,16,18,19). The summed E-state index contributed by atoms with van der Waals surface area (Å²) in [7, 11) is 0. The Labute approximate surface area is 113 Å². The number of fused-ring (bicyclic) bond motifs is 2. The van der Waals surface area contributed by atoms with Gasteiger partial charge in [0.25, 0.3) is 5.56 Å². The lowest BCUT2D eigenvalue weighted by molar-refractivity contribution is -0.267. The molecule has 0 saturated carbocycles. The Balaban J connectivity index is 2.48. The van der Waals surface area contributed by atoms with Crippen molar-refractivity contribution >= 4 is 11.2 Å². The van der Waals surface area contributed by atoms with Crippen LogP contribution in [0.15, 0.2) is 9.59 Å². The average Bonchev–Trinajstić information content (AvgIpc) is 2.47. The molecule has 0 unspecified atom stereocenters. The normalized spacial score (nSPS) is 20.2. The molecule has 0 saturated heterocycles. The maximum absolute atomic E-state index is 12.4. The van der Waals surface area contributed by atoms with Crippen molar-refractivity contribution in [2.75, 3.05) is 0 Å². The van der Waals surface area contributed by atoms with Crippen molar-refractivity contribution in [1.29, 1.82) is 0 Å². The van der Waals surface area contributed by atoms with Crippen LogP contribution in [0.25, 0.3) is 11.2 Å². The Morgan fingerprint density at radius 3 is 2.10 bits per heavy atom. The highest BCUT2D eigenvalue weighted by Gasteiger charge is 2.53. The second-order valence-corrected chi connectivity index (χ2v) is 5.94. The van der Waals surface area contributed by atoms with Gasteiger partial charge in [-0.3, -0.25) is 14.8 Å². The predicted molar refractivity (Wildman–Crippen MR) is 69.4 cm³/mol. The summed E-state index contributed by atoms with van der Waals surface area (Å²) in [5.74, 6) is 0. The van der Waals surface area contributed by atoms with E-state index in [0.717, 1.165) is 5.06 Å². The van der Waals surface area contributed by atoms with E-state index >= 15 is 0 Å². The first kappa shape index (κ1) is 12.9. The van der Waals surface area contributed by atoms with Gasteiger partial charge in [-0.05, 0) is 27.7 Å². The monoisotopic (exact) mass is 276 g/mol. The number of nitrogens with one attached hydrogen (secondary N) is 2. The lowest BCUT2D eigenvalue weighted by Crippen LogP contribution is -2.41. The molecule has 1 aliphatic heterocycles. The van der Waals surface area contributed by atoms with Crippen molar-refractivity contribution in [3.63, 3.8) is 0 Å². The van der Waals surface area contributed by atoms with E-state index in [2.05, 4.69) is 19.9 Å². The summed E-state index contributed by atoms with van der Waals surface area (Å²) >= 11 is 0. The fraction of sp³-hybridized carbons (Fsp3) is 0.500. The lowest BCUT2D eigenvalue weighted by atomic mass is 10.0. The molecule has 8 nitrogen and oxygen atoms in total. The lowest BCUT2D eigenvalue weighted by Gasteiger charge is -2.31. The van der Waals surface area contributed by atoms with Gasteiger partial charge in [-0.1, -0.05) is 0 Å². The molecule has 8 heteroatoms. The van der Waals surface area contributed by atoms with Crippen LogP contribution >= 0.6 is 0 Å². The van der Waals surface area contributed by atoms with Crippen LogP contribution in [0.4, 0.5) is 0 Å². The molecule has 0 atom stereocenters. The van der Waals surface area contributed by atoms with Gasteiger partial charge in [0, 0.05) is 0 Å². The molecule has 0 spiro atoms. The van der Waals surface area contributed by atoms with Gasteiger partial charge in [0.15, 0.2) is 11.2 Å². The molecule has 0 amide bonds. The number of hydrogen-bond donors (Lipinski definition) is 2. The Morgan fingerprint density at radius 2 is 1.50 bits per heavy atom. The Hall–Kier alpha value is -2.06. The average molecular weight is 276 g/mol. The molecule has 105 valence electrons. The van der Waals surface area contributed by atoms with E-state index in [9.17, 15) is 14.8 Å². The van der Waals surface area contributed by atoms with Crippen molar-refractivity contribution in [2.45, 2.75) is 38.8 Å². The molecule has 0 bridgehead atoms. The Morgan fingerprint density at radius 1 is 0.950 bits per heavy atom. The highest BCUT2D eigenvalue weighted by Crippen LogP contribution is 2.46. The summed E-state index contributed by atoms with van der Waals surface area (Å²) in [6.45, 7) is 6.93. The van der Waals surface area contributed by atoms with Crippen LogP contribution < -0.4 is 11.2 Å². The summed E-state index contributed by atoms with van der Waals surface area (Å²) in [4.78, 5) is 36.2. The third-order valence-corrected chi connectivity index (χ3v) is 3.74. The Bertz CT molecular complexity index is 833. The molecule has 3 rings (SSSR count). The van der Waals surface area contributed by atoms with Gasteiger partial charge >= 0.3 is 5.69 Å². The quantitative estimate of drug-likeness (QED) is 0.710. The molecular weight excluding hydrogens is 262 g/mol. The largest absolute Gasteiger partial charge is 0.327 e. The first-order chi connectivity index (χ1) is 9.15. The smallest absolute Gasteiger partial charge is 0.290 e. The highest BCUT2D eigenvalue weighted by molar-refractivity contribution is 5.69. The van der Waals surface area contributed by atoms with Gasteiger partial charge in [-0.25, -0.2) is 14.8 Å². The first-order valence-electron chi connectivity index (χ1n) is 6.18. The van der Waals surface area contributed by atoms with Gasteiger partial charge < -0.3 is 0 Å². The molecular formula is C12H14N5O3. The number of rotatable bonds is 0. The van der Waals surface area contributed by atoms with Gasteiger partial charge in [-0.2, -0.15) is 0 Å². The summed E-state index contributed by atoms with van der Waals surface area (Å²) in [5.41, 5.74) is -1.96. The van der Waals surface area contributed by atoms with Gasteiger partial charge in [0.1, 0.15) is 0 Å². The number of aromatic nitrogens is 4. The molecule has 1 aliphatic rings. The highest BCUT2D eigenvalue weighted by atomic mass is 16.5. The minimum atomic E-state index is -0.886. The predicted octanol–water partition coefficient (Wildman–Crippen LogP) is 0.138. The van der Waals surface area contributed by atoms with Crippen LogP contribution in [0.1, 0.15) is 39.1 Å². The number of hydroxylamine groups is 2. The second kappa shape index (κ2) is 3.53. The topological polar surface area (TPSA) is 115 Å². The van der Waals surface area contributed by atoms with Crippen molar-refractivity contribution in [3.8, 4) is 0 Å². The van der Waals surface area contributed by atoms with E-state index in [1.807, 2.05) is 0 Å². The van der Waals surface area contributed by atoms with Crippen LogP contribution in [0.2, 0.25) is 0 Å². The number of aromatic amines is 2. The molecule has 0 aliphatic carbocycles. The van der Waals surface area contributed by atoms with Crippen molar-refractivity contribution < 1.29 is 5.21 Å². The van der Waals surface area contributed by atoms with E-state index < -0.39 is 22.3 Å². The zero-order valence-corrected chi connectivity index (χ0v) is 11.6. The molecule has 1 radical (unpaired) electrons. The minimum absolute atomic E-state index is 0.0301. The first-order valence-corrected chi connectivity index (χ1v) is 6.18. The van der Waals surface area contributed by atoms with Crippen LogP contribution in [-0.2, 0) is 16.3 Å². The van der Waals surface area contributed by atoms with E-state index in [-0.39, 0.29) is 11.2 Å². The minimum Gasteiger partial charge on any atom is -0.290 e. The van der Waals surface area contributed by atoms with Crippen molar-refractivity contribution in [2.24, 2.45) is 0 Å². The van der Waals surface area contributed by atoms with Gasteiger partial charge in [0.05, 0.1) is 22.5 Å². The second-order valence-electron chi connectivity index (χ2n) is 5.94. The number of H-pyrrole nitrogens is 2. The van der Waals surface area contributed by atoms with E-state index in [0.29, 0.717) is 11.4 Å². The van der Waals surface area contributed by atoms with E-state index in [1.54, 1.807) is 27.7 Å². The van der Waals surface area contributed by atoms with Crippen LogP contribution in [-0.4, -0.2) is 25.0 Å². The summed E-state index contributed by atoms with van der Waals surface area (Å²) in [6, 6.07) is 0. The zero-order valence-electron chi connectivity index (χ0n) is 11.6. The number of nitrogens with zero attached hydrogens (tertiary/aromatic N) is 3. The van der Waals surface area contributed by atoms with E-state index in [4.69, 9.17) is 0 Å². The summed E-state index contributed by atoms with van der Waals surface area (Å²) in [6.07, 6.45) is 0. The molecule has 3 heterocycles. The van der Waals surface area contributed by atoms with Gasteiger partial charge in [-0.15, -0.1) is 10.3 Å². The van der Waals surface area contributed by atoms with Crippen LogP contribution in [0, 0.1) is 0 Å². The van der Waals surface area contributed by atoms with Crippen LogP contribution in [0.3, 0.4) is 0 Å². The Kier molecular flexibility index (Phi) is 2.28. The maximum Gasteiger partial charge on any atom is 0.327 e. The summed E-state index contributed by atoms with van der Waals surface area (Å²) < 4.78 is 0. The van der Waals surface area contributed by atoms with Crippen molar-refractivity contribution in [3.05, 3.63) is 32.2 Å². The SMILES string of the molecule is CC1(C)c2nc3[nH]c(=O)[nH]c(=O)c3nc2C(C)(C)N1[O].